The predicted octanol–water partition coefficient (Wildman–Crippen LogP) is 1.05. The molecule has 1 rings (SSSR count). The van der Waals surface area contributed by atoms with Gasteiger partial charge in [-0.05, 0) is 11.6 Å². The van der Waals surface area contributed by atoms with Crippen LogP contribution in [-0.4, -0.2) is 11.7 Å². The first kappa shape index (κ1) is 7.15. The molecule has 0 amide bonds. The fourth-order valence-corrected chi connectivity index (χ4v) is 0.684. The summed E-state index contributed by atoms with van der Waals surface area (Å²) in [7, 11) is 0. The van der Waals surface area contributed by atoms with Gasteiger partial charge in [-0.3, -0.25) is 4.98 Å². The minimum Gasteiger partial charge on any atom is -0.322 e. The van der Waals surface area contributed by atoms with Crippen molar-refractivity contribution in [1.29, 1.82) is 0 Å². The van der Waals surface area contributed by atoms with Crippen molar-refractivity contribution in [3.63, 3.8) is 0 Å². The molecule has 1 heterocycles. The minimum atomic E-state index is -0.536. The molecule has 0 saturated heterocycles. The number of nitrogens with two attached hydrogens (primary N) is 1. The summed E-state index contributed by atoms with van der Waals surface area (Å²) in [6, 6.07) is 2.98. The monoisotopic (exact) mass is 140 g/mol. The predicted molar refractivity (Wildman–Crippen MR) is 37.1 cm³/mol. The zero-order chi connectivity index (χ0) is 7.40. The lowest BCUT2D eigenvalue weighted by atomic mass is 10.1. The van der Waals surface area contributed by atoms with Crippen LogP contribution < -0.4 is 5.73 Å². The van der Waals surface area contributed by atoms with Crippen molar-refractivity contribution in [2.45, 2.75) is 6.04 Å². The van der Waals surface area contributed by atoms with E-state index < -0.39 is 12.7 Å². The highest BCUT2D eigenvalue weighted by Crippen LogP contribution is 2.06. The van der Waals surface area contributed by atoms with Gasteiger partial charge in [0.1, 0.15) is 6.67 Å². The number of alkyl halides is 1. The van der Waals surface area contributed by atoms with E-state index in [-0.39, 0.29) is 0 Å². The van der Waals surface area contributed by atoms with E-state index in [2.05, 4.69) is 4.98 Å². The highest BCUT2D eigenvalue weighted by atomic mass is 19.1. The van der Waals surface area contributed by atoms with Crippen molar-refractivity contribution in [2.75, 3.05) is 6.67 Å². The van der Waals surface area contributed by atoms with Crippen LogP contribution in [0.3, 0.4) is 0 Å². The molecule has 0 aliphatic rings. The molecule has 0 spiro atoms. The second-order valence-electron chi connectivity index (χ2n) is 2.05. The third kappa shape index (κ3) is 1.51. The first-order valence-electron chi connectivity index (χ1n) is 3.06. The van der Waals surface area contributed by atoms with Crippen molar-refractivity contribution in [1.82, 2.24) is 4.98 Å². The number of pyridine rings is 1. The lowest BCUT2D eigenvalue weighted by Gasteiger charge is -2.04. The van der Waals surface area contributed by atoms with Crippen LogP contribution in [-0.2, 0) is 0 Å². The second kappa shape index (κ2) is 3.27. The van der Waals surface area contributed by atoms with E-state index in [1.807, 2.05) is 0 Å². The van der Waals surface area contributed by atoms with Gasteiger partial charge in [0.2, 0.25) is 0 Å². The Hall–Kier alpha value is -0.960. The van der Waals surface area contributed by atoms with E-state index in [0.29, 0.717) is 0 Å². The van der Waals surface area contributed by atoms with Crippen LogP contribution in [0.15, 0.2) is 24.5 Å². The Kier molecular flexibility index (Phi) is 2.34. The Labute approximate surface area is 58.9 Å². The van der Waals surface area contributed by atoms with Crippen molar-refractivity contribution in [3.8, 4) is 0 Å². The largest absolute Gasteiger partial charge is 0.322 e. The first-order valence-corrected chi connectivity index (χ1v) is 3.06. The molecule has 1 aromatic heterocycles. The number of aromatic nitrogens is 1. The summed E-state index contributed by atoms with van der Waals surface area (Å²) < 4.78 is 11.9. The van der Waals surface area contributed by atoms with Gasteiger partial charge in [0.15, 0.2) is 0 Å². The average Bonchev–Trinajstić information content (AvgIpc) is 2.05. The third-order valence-corrected chi connectivity index (χ3v) is 1.28. The zero-order valence-corrected chi connectivity index (χ0v) is 5.50. The van der Waals surface area contributed by atoms with Gasteiger partial charge in [0.25, 0.3) is 0 Å². The van der Waals surface area contributed by atoms with Gasteiger partial charge >= 0.3 is 0 Å². The van der Waals surface area contributed by atoms with E-state index in [1.165, 1.54) is 0 Å². The van der Waals surface area contributed by atoms with Crippen molar-refractivity contribution >= 4 is 0 Å². The minimum absolute atomic E-state index is 0.520. The zero-order valence-electron chi connectivity index (χ0n) is 5.50. The average molecular weight is 140 g/mol. The molecular weight excluding hydrogens is 131 g/mol. The molecule has 1 aromatic rings. The molecule has 2 N–H and O–H groups in total. The highest BCUT2D eigenvalue weighted by Gasteiger charge is 2.02. The van der Waals surface area contributed by atoms with E-state index in [9.17, 15) is 4.39 Å². The molecular formula is C7H9FN2. The molecule has 0 aliphatic heterocycles. The number of rotatable bonds is 2. The van der Waals surface area contributed by atoms with Gasteiger partial charge in [-0.25, -0.2) is 4.39 Å². The Bertz CT molecular complexity index is 188. The van der Waals surface area contributed by atoms with Crippen molar-refractivity contribution in [2.24, 2.45) is 5.73 Å². The van der Waals surface area contributed by atoms with Crippen LogP contribution in [0.5, 0.6) is 0 Å². The summed E-state index contributed by atoms with van der Waals surface area (Å²) in [5.41, 5.74) is 6.12. The van der Waals surface area contributed by atoms with Crippen molar-refractivity contribution in [3.05, 3.63) is 30.1 Å². The van der Waals surface area contributed by atoms with Gasteiger partial charge < -0.3 is 5.73 Å². The molecule has 2 nitrogen and oxygen atoms in total. The van der Waals surface area contributed by atoms with Gasteiger partial charge in [-0.2, -0.15) is 0 Å². The molecule has 0 unspecified atom stereocenters. The highest BCUT2D eigenvalue weighted by molar-refractivity contribution is 5.12. The second-order valence-corrected chi connectivity index (χ2v) is 2.05. The SMILES string of the molecule is N[C@H](CF)c1cccnc1. The summed E-state index contributed by atoms with van der Waals surface area (Å²) in [5.74, 6) is 0. The van der Waals surface area contributed by atoms with Gasteiger partial charge in [-0.15, -0.1) is 0 Å². The molecule has 10 heavy (non-hydrogen) atoms. The van der Waals surface area contributed by atoms with E-state index in [0.717, 1.165) is 5.56 Å². The summed E-state index contributed by atoms with van der Waals surface area (Å²) in [6.45, 7) is -0.536. The fourth-order valence-electron chi connectivity index (χ4n) is 0.684. The maximum atomic E-state index is 11.9. The van der Waals surface area contributed by atoms with E-state index in [4.69, 9.17) is 5.73 Å². The number of nitrogens with zero attached hydrogens (tertiary/aromatic N) is 1. The topological polar surface area (TPSA) is 38.9 Å². The summed E-state index contributed by atoms with van der Waals surface area (Å²) >= 11 is 0. The maximum absolute atomic E-state index is 11.9. The Morgan fingerprint density at radius 2 is 2.50 bits per heavy atom. The standard InChI is InChI=1S/C7H9FN2/c8-4-7(9)6-2-1-3-10-5-6/h1-3,5,7H,4,9H2/t7-/m1/s1. The van der Waals surface area contributed by atoms with Crippen LogP contribution in [0.2, 0.25) is 0 Å². The third-order valence-electron chi connectivity index (χ3n) is 1.28. The molecule has 54 valence electrons. The van der Waals surface area contributed by atoms with Crippen LogP contribution >= 0.6 is 0 Å². The molecule has 0 aromatic carbocycles. The molecule has 3 heteroatoms. The van der Waals surface area contributed by atoms with Gasteiger partial charge in [0.05, 0.1) is 6.04 Å². The lowest BCUT2D eigenvalue weighted by molar-refractivity contribution is 0.436. The lowest BCUT2D eigenvalue weighted by Crippen LogP contribution is -2.11. The number of hydrogen-bond acceptors (Lipinski definition) is 2. The van der Waals surface area contributed by atoms with Crippen LogP contribution in [0.1, 0.15) is 11.6 Å². The maximum Gasteiger partial charge on any atom is 0.109 e. The molecule has 0 saturated carbocycles. The number of halogens is 1. The summed E-state index contributed by atoms with van der Waals surface area (Å²) in [6.07, 6.45) is 3.21. The van der Waals surface area contributed by atoms with Crippen LogP contribution in [0.4, 0.5) is 4.39 Å². The molecule has 0 radical (unpaired) electrons. The summed E-state index contributed by atoms with van der Waals surface area (Å²) in [4.78, 5) is 3.81. The summed E-state index contributed by atoms with van der Waals surface area (Å²) in [5, 5.41) is 0. The quantitative estimate of drug-likeness (QED) is 0.666. The van der Waals surface area contributed by atoms with Gasteiger partial charge in [0, 0.05) is 12.4 Å². The van der Waals surface area contributed by atoms with Crippen LogP contribution in [0, 0.1) is 0 Å². The Morgan fingerprint density at radius 3 is 3.00 bits per heavy atom. The van der Waals surface area contributed by atoms with Crippen molar-refractivity contribution < 1.29 is 4.39 Å². The van der Waals surface area contributed by atoms with E-state index in [1.54, 1.807) is 24.5 Å². The Balaban J connectivity index is 2.75. The van der Waals surface area contributed by atoms with E-state index >= 15 is 0 Å². The van der Waals surface area contributed by atoms with Crippen LogP contribution in [0.25, 0.3) is 0 Å². The Morgan fingerprint density at radius 1 is 1.70 bits per heavy atom. The molecule has 0 fully saturated rings. The van der Waals surface area contributed by atoms with Gasteiger partial charge in [-0.1, -0.05) is 6.07 Å². The smallest absolute Gasteiger partial charge is 0.109 e. The molecule has 0 aliphatic carbocycles. The number of hydrogen-bond donors (Lipinski definition) is 1. The normalized spacial score (nSPS) is 13.0. The first-order chi connectivity index (χ1) is 4.84. The fraction of sp³-hybridized carbons (Fsp3) is 0.286. The molecule has 0 bridgehead atoms. The molecule has 1 atom stereocenters.